The summed E-state index contributed by atoms with van der Waals surface area (Å²) in [6, 6.07) is 23.9. The average molecular weight is 407 g/mol. The second-order valence-corrected chi connectivity index (χ2v) is 8.29. The zero-order valence-corrected chi connectivity index (χ0v) is 16.9. The van der Waals surface area contributed by atoms with Crippen LogP contribution in [0.1, 0.15) is 27.0 Å². The van der Waals surface area contributed by atoms with Crippen LogP contribution in [0.15, 0.2) is 84.0 Å². The van der Waals surface area contributed by atoms with Crippen molar-refractivity contribution in [3.63, 3.8) is 0 Å². The van der Waals surface area contributed by atoms with Crippen LogP contribution in [0.25, 0.3) is 0 Å². The first-order chi connectivity index (χ1) is 13.8. The van der Waals surface area contributed by atoms with Crippen molar-refractivity contribution in [2.75, 3.05) is 11.0 Å². The molecule has 0 aliphatic carbocycles. The van der Waals surface area contributed by atoms with Crippen molar-refractivity contribution in [3.05, 3.63) is 101 Å². The van der Waals surface area contributed by atoms with Crippen LogP contribution in [0.5, 0.6) is 0 Å². The average Bonchev–Trinajstić information content (AvgIpc) is 2.70. The summed E-state index contributed by atoms with van der Waals surface area (Å²) in [7, 11) is -3.45. The molecule has 0 heterocycles. The van der Waals surface area contributed by atoms with Crippen LogP contribution in [0.4, 0.5) is 5.69 Å². The summed E-state index contributed by atoms with van der Waals surface area (Å²) in [5, 5.41) is 4.35. The molecule has 6 nitrogen and oxygen atoms in total. The van der Waals surface area contributed by atoms with Crippen molar-refractivity contribution >= 4 is 27.3 Å². The Labute approximate surface area is 170 Å². The molecule has 0 radical (unpaired) electrons. The highest BCUT2D eigenvalue weighted by Gasteiger charge is 2.12. The number of sulfonamides is 1. The number of nitrogens with zero attached hydrogens (tertiary/aromatic N) is 1. The van der Waals surface area contributed by atoms with Gasteiger partial charge in [-0.1, -0.05) is 66.7 Å². The first kappa shape index (κ1) is 20.3. The van der Waals surface area contributed by atoms with E-state index >= 15 is 0 Å². The fourth-order valence-corrected chi connectivity index (χ4v) is 3.35. The molecule has 0 fully saturated rings. The summed E-state index contributed by atoms with van der Waals surface area (Å²) >= 11 is 0. The van der Waals surface area contributed by atoms with E-state index in [9.17, 15) is 13.2 Å². The Bertz CT molecular complexity index is 1100. The zero-order chi connectivity index (χ0) is 20.9. The van der Waals surface area contributed by atoms with E-state index in [1.807, 2.05) is 60.7 Å². The Morgan fingerprint density at radius 1 is 0.828 bits per heavy atom. The predicted molar refractivity (Wildman–Crippen MR) is 116 cm³/mol. The molecule has 0 aliphatic heterocycles. The molecule has 0 aliphatic rings. The number of rotatable bonds is 6. The van der Waals surface area contributed by atoms with Gasteiger partial charge in [-0.15, -0.1) is 0 Å². The number of hydrogen-bond acceptors (Lipinski definition) is 4. The molecule has 29 heavy (non-hydrogen) atoms. The summed E-state index contributed by atoms with van der Waals surface area (Å²) in [5.74, 6) is -0.439. The Morgan fingerprint density at radius 3 is 1.90 bits per heavy atom. The molecule has 7 heteroatoms. The third kappa shape index (κ3) is 5.52. The smallest absolute Gasteiger partial charge is 0.271 e. The number of amides is 1. The standard InChI is InChI=1S/C22H21N3O3S/c1-16-13-14-19(15-20(16)25-29(2,27)28)22(26)24-23-21(17-9-5-3-6-10-17)18-11-7-4-8-12-18/h3-15,25H,1-2H3,(H,24,26). The number of carbonyl (C=O) groups excluding carboxylic acids is 1. The SMILES string of the molecule is Cc1ccc(C(=O)NN=C(c2ccccc2)c2ccccc2)cc1NS(C)(=O)=O. The van der Waals surface area contributed by atoms with Crippen LogP contribution in [-0.4, -0.2) is 26.3 Å². The van der Waals surface area contributed by atoms with E-state index < -0.39 is 15.9 Å². The van der Waals surface area contributed by atoms with E-state index in [-0.39, 0.29) is 0 Å². The van der Waals surface area contributed by atoms with Crippen LogP contribution < -0.4 is 10.1 Å². The van der Waals surface area contributed by atoms with E-state index in [0.29, 0.717) is 22.5 Å². The lowest BCUT2D eigenvalue weighted by molar-refractivity contribution is 0.0955. The predicted octanol–water partition coefficient (Wildman–Crippen LogP) is 3.55. The third-order valence-electron chi connectivity index (χ3n) is 4.16. The van der Waals surface area contributed by atoms with Crippen LogP contribution in [-0.2, 0) is 10.0 Å². The zero-order valence-electron chi connectivity index (χ0n) is 16.1. The van der Waals surface area contributed by atoms with Gasteiger partial charge in [0.05, 0.1) is 17.7 Å². The molecule has 2 N–H and O–H groups in total. The van der Waals surface area contributed by atoms with Gasteiger partial charge in [-0.2, -0.15) is 5.10 Å². The third-order valence-corrected chi connectivity index (χ3v) is 4.75. The van der Waals surface area contributed by atoms with Crippen molar-refractivity contribution in [1.82, 2.24) is 5.43 Å². The maximum atomic E-state index is 12.6. The van der Waals surface area contributed by atoms with Gasteiger partial charge in [0.2, 0.25) is 10.0 Å². The minimum Gasteiger partial charge on any atom is -0.283 e. The van der Waals surface area contributed by atoms with E-state index in [2.05, 4.69) is 15.2 Å². The van der Waals surface area contributed by atoms with Gasteiger partial charge in [0, 0.05) is 16.7 Å². The second kappa shape index (κ2) is 8.70. The van der Waals surface area contributed by atoms with Crippen LogP contribution in [0, 0.1) is 6.92 Å². The van der Waals surface area contributed by atoms with Crippen molar-refractivity contribution in [3.8, 4) is 0 Å². The van der Waals surface area contributed by atoms with E-state index in [1.165, 1.54) is 6.07 Å². The van der Waals surface area contributed by atoms with Crippen molar-refractivity contribution in [2.24, 2.45) is 5.10 Å². The molecule has 0 aromatic heterocycles. The molecule has 3 rings (SSSR count). The highest BCUT2D eigenvalue weighted by atomic mass is 32.2. The van der Waals surface area contributed by atoms with Gasteiger partial charge in [-0.3, -0.25) is 9.52 Å². The Morgan fingerprint density at radius 2 is 1.38 bits per heavy atom. The van der Waals surface area contributed by atoms with Crippen molar-refractivity contribution < 1.29 is 13.2 Å². The molecule has 0 unspecified atom stereocenters. The number of anilines is 1. The molecule has 1 amide bonds. The highest BCUT2D eigenvalue weighted by Crippen LogP contribution is 2.18. The molecule has 0 bridgehead atoms. The number of hydrazone groups is 1. The van der Waals surface area contributed by atoms with Gasteiger partial charge in [0.25, 0.3) is 5.91 Å². The molecule has 0 saturated carbocycles. The lowest BCUT2D eigenvalue weighted by Crippen LogP contribution is -2.21. The largest absolute Gasteiger partial charge is 0.283 e. The summed E-state index contributed by atoms with van der Waals surface area (Å²) in [6.07, 6.45) is 1.06. The van der Waals surface area contributed by atoms with Gasteiger partial charge < -0.3 is 0 Å². The number of aryl methyl sites for hydroxylation is 1. The quantitative estimate of drug-likeness (QED) is 0.484. The van der Waals surface area contributed by atoms with Gasteiger partial charge in [0.1, 0.15) is 0 Å². The number of benzene rings is 3. The molecule has 3 aromatic rings. The topological polar surface area (TPSA) is 87.6 Å². The van der Waals surface area contributed by atoms with E-state index in [0.717, 1.165) is 17.4 Å². The number of nitrogens with one attached hydrogen (secondary N) is 2. The molecular formula is C22H21N3O3S. The monoisotopic (exact) mass is 407 g/mol. The van der Waals surface area contributed by atoms with E-state index in [1.54, 1.807) is 19.1 Å². The maximum Gasteiger partial charge on any atom is 0.271 e. The van der Waals surface area contributed by atoms with Crippen LogP contribution >= 0.6 is 0 Å². The highest BCUT2D eigenvalue weighted by molar-refractivity contribution is 7.92. The van der Waals surface area contributed by atoms with Crippen LogP contribution in [0.3, 0.4) is 0 Å². The first-order valence-electron chi connectivity index (χ1n) is 8.91. The lowest BCUT2D eigenvalue weighted by Gasteiger charge is -2.10. The first-order valence-corrected chi connectivity index (χ1v) is 10.8. The van der Waals surface area contributed by atoms with Crippen molar-refractivity contribution in [2.45, 2.75) is 6.92 Å². The lowest BCUT2D eigenvalue weighted by atomic mass is 10.0. The van der Waals surface area contributed by atoms with Gasteiger partial charge >= 0.3 is 0 Å². The molecule has 0 spiro atoms. The van der Waals surface area contributed by atoms with Crippen LogP contribution in [0.2, 0.25) is 0 Å². The number of hydrogen-bond donors (Lipinski definition) is 2. The Balaban J connectivity index is 1.90. The Hall–Kier alpha value is -3.45. The molecule has 0 saturated heterocycles. The molecular weight excluding hydrogens is 386 g/mol. The van der Waals surface area contributed by atoms with Gasteiger partial charge in [-0.05, 0) is 24.6 Å². The fraction of sp³-hybridized carbons (Fsp3) is 0.0909. The van der Waals surface area contributed by atoms with Gasteiger partial charge in [-0.25, -0.2) is 13.8 Å². The summed E-state index contributed by atoms with van der Waals surface area (Å²) in [5.41, 5.74) is 6.30. The molecule has 148 valence electrons. The number of carbonyl (C=O) groups is 1. The minimum atomic E-state index is -3.45. The summed E-state index contributed by atoms with van der Waals surface area (Å²) in [4.78, 5) is 12.6. The van der Waals surface area contributed by atoms with Gasteiger partial charge in [0.15, 0.2) is 0 Å². The fourth-order valence-electron chi connectivity index (χ4n) is 2.73. The second-order valence-electron chi connectivity index (χ2n) is 6.54. The molecule has 0 atom stereocenters. The summed E-state index contributed by atoms with van der Waals surface area (Å²) < 4.78 is 25.5. The van der Waals surface area contributed by atoms with Crippen molar-refractivity contribution in [1.29, 1.82) is 0 Å². The van der Waals surface area contributed by atoms with E-state index in [4.69, 9.17) is 0 Å². The maximum absolute atomic E-state index is 12.6. The normalized spacial score (nSPS) is 10.8. The molecule has 3 aromatic carbocycles. The minimum absolute atomic E-state index is 0.297. The summed E-state index contributed by atoms with van der Waals surface area (Å²) in [6.45, 7) is 1.76. The Kier molecular flexibility index (Phi) is 6.09.